The van der Waals surface area contributed by atoms with Gasteiger partial charge in [-0.3, -0.25) is 4.79 Å². The van der Waals surface area contributed by atoms with E-state index in [1.165, 1.54) is 32.5 Å². The molecule has 0 spiro atoms. The molecule has 8 nitrogen and oxygen atoms in total. The number of benzene rings is 1. The largest absolute Gasteiger partial charge is 0.494 e. The van der Waals surface area contributed by atoms with Gasteiger partial charge in [0.2, 0.25) is 0 Å². The summed E-state index contributed by atoms with van der Waals surface area (Å²) in [5.74, 6) is -1.04. The molecule has 0 bridgehead atoms. The number of nitrogens with one attached hydrogen (secondary N) is 3. The van der Waals surface area contributed by atoms with Crippen molar-refractivity contribution in [2.75, 3.05) is 31.5 Å². The molecular formula is C20H20ClFN4O4. The van der Waals surface area contributed by atoms with Crippen molar-refractivity contribution in [2.45, 2.75) is 18.6 Å². The van der Waals surface area contributed by atoms with E-state index in [9.17, 15) is 14.3 Å². The van der Waals surface area contributed by atoms with Gasteiger partial charge in [-0.25, -0.2) is 9.37 Å². The van der Waals surface area contributed by atoms with Crippen LogP contribution in [0.3, 0.4) is 0 Å². The summed E-state index contributed by atoms with van der Waals surface area (Å²) < 4.78 is 24.5. The van der Waals surface area contributed by atoms with Gasteiger partial charge in [-0.1, -0.05) is 17.7 Å². The number of nitrogens with zero attached hydrogens (tertiary/aromatic N) is 1. The van der Waals surface area contributed by atoms with Crippen LogP contribution in [0.4, 0.5) is 15.8 Å². The number of methoxy groups -OCH3 is 2. The third-order valence-corrected chi connectivity index (χ3v) is 5.59. The highest BCUT2D eigenvalue weighted by Gasteiger charge is 2.39. The Hall–Kier alpha value is -2.88. The monoisotopic (exact) mass is 434 g/mol. The maximum absolute atomic E-state index is 14.4. The topological polar surface area (TPSA) is 108 Å². The number of rotatable bonds is 5. The quantitative estimate of drug-likeness (QED) is 0.491. The number of carbonyl (C=O) groups is 1. The molecule has 4 N–H and O–H groups in total. The van der Waals surface area contributed by atoms with E-state index in [1.807, 2.05) is 0 Å². The molecule has 3 aromatic rings. The van der Waals surface area contributed by atoms with Gasteiger partial charge in [0, 0.05) is 24.4 Å². The van der Waals surface area contributed by atoms with Crippen molar-refractivity contribution in [1.82, 2.24) is 9.97 Å². The fraction of sp³-hybridized carbons (Fsp3) is 0.300. The van der Waals surface area contributed by atoms with E-state index in [-0.39, 0.29) is 28.8 Å². The van der Waals surface area contributed by atoms with Gasteiger partial charge in [0.05, 0.1) is 41.7 Å². The number of hydrogen-bond acceptors (Lipinski definition) is 6. The molecule has 1 amide bonds. The Morgan fingerprint density at radius 2 is 2.10 bits per heavy atom. The molecular weight excluding hydrogens is 415 g/mol. The van der Waals surface area contributed by atoms with Crippen LogP contribution >= 0.6 is 11.6 Å². The smallest absolute Gasteiger partial charge is 0.252 e. The van der Waals surface area contributed by atoms with Gasteiger partial charge in [0.15, 0.2) is 11.6 Å². The Labute approximate surface area is 176 Å². The Morgan fingerprint density at radius 1 is 1.33 bits per heavy atom. The molecule has 2 atom stereocenters. The number of hydrogen-bond donors (Lipinski definition) is 4. The summed E-state index contributed by atoms with van der Waals surface area (Å²) in [6, 6.07) is 2.90. The van der Waals surface area contributed by atoms with Crippen LogP contribution in [-0.2, 0) is 9.53 Å². The number of fused-ring (bicyclic) bond motifs is 3. The van der Waals surface area contributed by atoms with Gasteiger partial charge in [-0.05, 0) is 13.0 Å². The Morgan fingerprint density at radius 3 is 2.80 bits per heavy atom. The standard InChI is InChI=1S/C20H20ClFN4O4/c1-20(8-29-2)19(28)25-11-7-24-18-13(16(11)26-20)10(6-23-18)17(27)9-4-5-12(30-3)15(22)14(9)21/h4-7,17,26-27H,8H2,1-3H3,(H,23,24)(H,25,28)/t17?,20-/m0/s1. The molecule has 0 radical (unpaired) electrons. The third-order valence-electron chi connectivity index (χ3n) is 5.20. The summed E-state index contributed by atoms with van der Waals surface area (Å²) in [6.07, 6.45) is 1.84. The predicted octanol–water partition coefficient (Wildman–Crippen LogP) is 3.21. The van der Waals surface area contributed by atoms with Crippen molar-refractivity contribution in [3.05, 3.63) is 46.5 Å². The molecule has 0 saturated carbocycles. The first-order valence-electron chi connectivity index (χ1n) is 9.09. The van der Waals surface area contributed by atoms with Crippen molar-refractivity contribution < 1.29 is 23.8 Å². The Kier molecular flexibility index (Phi) is 5.05. The Balaban J connectivity index is 1.86. The molecule has 158 valence electrons. The number of aliphatic hydroxyl groups excluding tert-OH is 1. The molecule has 0 aliphatic carbocycles. The summed E-state index contributed by atoms with van der Waals surface area (Å²) in [4.78, 5) is 19.8. The lowest BCUT2D eigenvalue weighted by Crippen LogP contribution is -2.53. The number of ether oxygens (including phenoxy) is 2. The van der Waals surface area contributed by atoms with Crippen LogP contribution in [0.25, 0.3) is 11.0 Å². The number of halogens is 2. The zero-order chi connectivity index (χ0) is 21.6. The Bertz CT molecular complexity index is 1150. The summed E-state index contributed by atoms with van der Waals surface area (Å²) in [6.45, 7) is 1.83. The second kappa shape index (κ2) is 7.42. The predicted molar refractivity (Wildman–Crippen MR) is 111 cm³/mol. The molecule has 1 aliphatic heterocycles. The number of aromatic nitrogens is 2. The fourth-order valence-electron chi connectivity index (χ4n) is 3.63. The van der Waals surface area contributed by atoms with Crippen LogP contribution in [0.5, 0.6) is 5.75 Å². The molecule has 0 saturated heterocycles. The molecule has 10 heteroatoms. The molecule has 1 unspecified atom stereocenters. The highest BCUT2D eigenvalue weighted by Crippen LogP contribution is 2.42. The van der Waals surface area contributed by atoms with Crippen molar-refractivity contribution in [1.29, 1.82) is 0 Å². The highest BCUT2D eigenvalue weighted by atomic mass is 35.5. The first-order valence-corrected chi connectivity index (χ1v) is 9.47. The van der Waals surface area contributed by atoms with E-state index in [4.69, 9.17) is 21.1 Å². The first kappa shape index (κ1) is 20.4. The van der Waals surface area contributed by atoms with Crippen molar-refractivity contribution in [3.8, 4) is 5.75 Å². The van der Waals surface area contributed by atoms with Crippen LogP contribution < -0.4 is 15.4 Å². The van der Waals surface area contributed by atoms with E-state index < -0.39 is 17.5 Å². The van der Waals surface area contributed by atoms with E-state index in [0.29, 0.717) is 28.0 Å². The molecule has 3 heterocycles. The van der Waals surface area contributed by atoms with E-state index >= 15 is 0 Å². The second-order valence-electron chi connectivity index (χ2n) is 7.25. The zero-order valence-electron chi connectivity index (χ0n) is 16.5. The van der Waals surface area contributed by atoms with Crippen molar-refractivity contribution >= 4 is 39.9 Å². The van der Waals surface area contributed by atoms with Crippen LogP contribution in [0.15, 0.2) is 24.5 Å². The lowest BCUT2D eigenvalue weighted by Gasteiger charge is -2.35. The van der Waals surface area contributed by atoms with Crippen molar-refractivity contribution in [3.63, 3.8) is 0 Å². The number of aromatic amines is 1. The lowest BCUT2D eigenvalue weighted by atomic mass is 9.95. The van der Waals surface area contributed by atoms with Gasteiger partial charge in [-0.2, -0.15) is 0 Å². The van der Waals surface area contributed by atoms with Gasteiger partial charge >= 0.3 is 0 Å². The summed E-state index contributed by atoms with van der Waals surface area (Å²) in [7, 11) is 2.84. The first-order chi connectivity index (χ1) is 14.3. The van der Waals surface area contributed by atoms with Gasteiger partial charge in [0.1, 0.15) is 17.3 Å². The number of aliphatic hydroxyl groups is 1. The van der Waals surface area contributed by atoms with Crippen LogP contribution in [0, 0.1) is 5.82 Å². The lowest BCUT2D eigenvalue weighted by molar-refractivity contribution is -0.121. The van der Waals surface area contributed by atoms with Gasteiger partial charge in [-0.15, -0.1) is 0 Å². The maximum atomic E-state index is 14.4. The summed E-state index contributed by atoms with van der Waals surface area (Å²) in [5.41, 5.74) is 1.08. The number of H-pyrrole nitrogens is 1. The summed E-state index contributed by atoms with van der Waals surface area (Å²) in [5, 5.41) is 17.4. The summed E-state index contributed by atoms with van der Waals surface area (Å²) >= 11 is 6.16. The molecule has 2 aromatic heterocycles. The fourth-order valence-corrected chi connectivity index (χ4v) is 3.89. The molecule has 1 aliphatic rings. The third kappa shape index (κ3) is 3.06. The van der Waals surface area contributed by atoms with Crippen LogP contribution in [-0.4, -0.2) is 47.3 Å². The maximum Gasteiger partial charge on any atom is 0.252 e. The molecule has 30 heavy (non-hydrogen) atoms. The second-order valence-corrected chi connectivity index (χ2v) is 7.62. The van der Waals surface area contributed by atoms with Gasteiger partial charge < -0.3 is 30.2 Å². The average Bonchev–Trinajstić information content (AvgIpc) is 3.15. The minimum absolute atomic E-state index is 0.0198. The minimum atomic E-state index is -1.26. The van der Waals surface area contributed by atoms with E-state index in [1.54, 1.807) is 13.1 Å². The number of anilines is 2. The number of amides is 1. The SMILES string of the molecule is COC[C@]1(C)Nc2c(cnc3[nH]cc(C(O)c4ccc(OC)c(F)c4Cl)c23)NC1=O. The average molecular weight is 435 g/mol. The van der Waals surface area contributed by atoms with Gasteiger partial charge in [0.25, 0.3) is 5.91 Å². The highest BCUT2D eigenvalue weighted by molar-refractivity contribution is 6.31. The molecule has 4 rings (SSSR count). The van der Waals surface area contributed by atoms with Crippen LogP contribution in [0.1, 0.15) is 24.2 Å². The molecule has 0 fully saturated rings. The number of pyridine rings is 1. The number of carbonyl (C=O) groups excluding carboxylic acids is 1. The minimum Gasteiger partial charge on any atom is -0.494 e. The zero-order valence-corrected chi connectivity index (χ0v) is 17.2. The van der Waals surface area contributed by atoms with Crippen molar-refractivity contribution in [2.24, 2.45) is 0 Å². The van der Waals surface area contributed by atoms with Crippen LogP contribution in [0.2, 0.25) is 5.02 Å². The van der Waals surface area contributed by atoms with E-state index in [0.717, 1.165) is 0 Å². The normalized spacial score (nSPS) is 19.2. The van der Waals surface area contributed by atoms with E-state index in [2.05, 4.69) is 20.6 Å². The molecule has 1 aromatic carbocycles.